The highest BCUT2D eigenvalue weighted by Crippen LogP contribution is 2.28. The van der Waals surface area contributed by atoms with E-state index in [0.717, 1.165) is 11.1 Å². The van der Waals surface area contributed by atoms with Crippen molar-refractivity contribution in [3.05, 3.63) is 71.8 Å². The van der Waals surface area contributed by atoms with Gasteiger partial charge in [0.25, 0.3) is 0 Å². The minimum atomic E-state index is -1.15. The molecule has 1 saturated heterocycles. The second-order valence-corrected chi connectivity index (χ2v) is 6.28. The lowest BCUT2D eigenvalue weighted by Gasteiger charge is -2.27. The molecule has 0 aliphatic carbocycles. The summed E-state index contributed by atoms with van der Waals surface area (Å²) in [6.45, 7) is 0. The molecule has 26 heavy (non-hydrogen) atoms. The highest BCUT2D eigenvalue weighted by Gasteiger charge is 2.35. The molecule has 6 heteroatoms. The van der Waals surface area contributed by atoms with E-state index in [9.17, 15) is 19.5 Å². The third kappa shape index (κ3) is 3.91. The number of rotatable bonds is 6. The molecule has 6 nitrogen and oxygen atoms in total. The van der Waals surface area contributed by atoms with E-state index in [2.05, 4.69) is 10.6 Å². The van der Waals surface area contributed by atoms with Gasteiger partial charge in [0.1, 0.15) is 12.1 Å². The van der Waals surface area contributed by atoms with E-state index < -0.39 is 29.9 Å². The number of hydrogen-bond donors (Lipinski definition) is 3. The number of carboxylic acids is 1. The predicted molar refractivity (Wildman–Crippen MR) is 95.5 cm³/mol. The molecule has 1 aliphatic heterocycles. The maximum Gasteiger partial charge on any atom is 0.327 e. The number of aliphatic carboxylic acids is 1. The van der Waals surface area contributed by atoms with Crippen molar-refractivity contribution in [3.8, 4) is 0 Å². The molecule has 0 unspecified atom stereocenters. The molecular formula is C20H20N2O4. The Morgan fingerprint density at radius 3 is 1.96 bits per heavy atom. The number of carbonyl (C=O) groups is 3. The fraction of sp³-hybridized carbons (Fsp3) is 0.250. The van der Waals surface area contributed by atoms with Gasteiger partial charge in [0, 0.05) is 12.3 Å². The van der Waals surface area contributed by atoms with Crippen LogP contribution in [0.15, 0.2) is 60.7 Å². The average molecular weight is 352 g/mol. The molecular weight excluding hydrogens is 332 g/mol. The predicted octanol–water partition coefficient (Wildman–Crippen LogP) is 1.67. The van der Waals surface area contributed by atoms with Gasteiger partial charge in [-0.15, -0.1) is 0 Å². The largest absolute Gasteiger partial charge is 0.480 e. The third-order valence-electron chi connectivity index (χ3n) is 4.53. The molecule has 0 bridgehead atoms. The number of nitrogens with one attached hydrogen (secondary N) is 2. The van der Waals surface area contributed by atoms with E-state index in [1.54, 1.807) is 0 Å². The monoisotopic (exact) mass is 352 g/mol. The van der Waals surface area contributed by atoms with E-state index >= 15 is 0 Å². The highest BCUT2D eigenvalue weighted by molar-refractivity contribution is 5.93. The molecule has 134 valence electrons. The summed E-state index contributed by atoms with van der Waals surface area (Å²) >= 11 is 0. The number of amides is 2. The number of carboxylic acid groups (broad SMARTS) is 1. The summed E-state index contributed by atoms with van der Waals surface area (Å²) < 4.78 is 0. The van der Waals surface area contributed by atoms with Crippen molar-refractivity contribution in [2.24, 2.45) is 0 Å². The Bertz CT molecular complexity index is 752. The molecule has 2 aromatic carbocycles. The second-order valence-electron chi connectivity index (χ2n) is 6.28. The van der Waals surface area contributed by atoms with Crippen LogP contribution in [0.1, 0.15) is 29.9 Å². The van der Waals surface area contributed by atoms with Crippen LogP contribution in [-0.2, 0) is 14.4 Å². The minimum Gasteiger partial charge on any atom is -0.480 e. The first-order valence-electron chi connectivity index (χ1n) is 8.48. The van der Waals surface area contributed by atoms with E-state index in [1.807, 2.05) is 60.7 Å². The van der Waals surface area contributed by atoms with Crippen molar-refractivity contribution in [1.82, 2.24) is 10.6 Å². The summed E-state index contributed by atoms with van der Waals surface area (Å²) in [4.78, 5) is 35.8. The molecule has 0 aromatic heterocycles. The lowest BCUT2D eigenvalue weighted by atomic mass is 9.85. The van der Waals surface area contributed by atoms with Crippen LogP contribution in [-0.4, -0.2) is 35.0 Å². The molecule has 2 amide bonds. The van der Waals surface area contributed by atoms with E-state index in [4.69, 9.17) is 0 Å². The quantitative estimate of drug-likeness (QED) is 0.737. The molecule has 2 aromatic rings. The molecule has 2 atom stereocenters. The lowest BCUT2D eigenvalue weighted by Crippen LogP contribution is -2.51. The Labute approximate surface area is 151 Å². The van der Waals surface area contributed by atoms with Crippen molar-refractivity contribution in [2.75, 3.05) is 0 Å². The third-order valence-corrected chi connectivity index (χ3v) is 4.53. The summed E-state index contributed by atoms with van der Waals surface area (Å²) in [5.74, 6) is -2.34. The van der Waals surface area contributed by atoms with Gasteiger partial charge in [0.2, 0.25) is 11.8 Å². The van der Waals surface area contributed by atoms with Crippen molar-refractivity contribution in [3.63, 3.8) is 0 Å². The van der Waals surface area contributed by atoms with Crippen LogP contribution in [0.3, 0.4) is 0 Å². The first-order chi connectivity index (χ1) is 12.6. The average Bonchev–Trinajstić information content (AvgIpc) is 3.09. The summed E-state index contributed by atoms with van der Waals surface area (Å²) in [6, 6.07) is 16.6. The van der Waals surface area contributed by atoms with E-state index in [-0.39, 0.29) is 12.3 Å². The van der Waals surface area contributed by atoms with Gasteiger partial charge in [0.05, 0.1) is 0 Å². The van der Waals surface area contributed by atoms with Gasteiger partial charge in [-0.1, -0.05) is 60.7 Å². The summed E-state index contributed by atoms with van der Waals surface area (Å²) in [6.07, 6.45) is 0.648. The first kappa shape index (κ1) is 17.7. The van der Waals surface area contributed by atoms with Crippen molar-refractivity contribution in [2.45, 2.75) is 30.8 Å². The molecule has 1 fully saturated rings. The Hall–Kier alpha value is -3.15. The number of benzene rings is 2. The Kier molecular flexibility index (Phi) is 5.31. The maximum absolute atomic E-state index is 12.5. The highest BCUT2D eigenvalue weighted by atomic mass is 16.4. The summed E-state index contributed by atoms with van der Waals surface area (Å²) in [5.41, 5.74) is 1.59. The van der Waals surface area contributed by atoms with E-state index in [1.165, 1.54) is 0 Å². The smallest absolute Gasteiger partial charge is 0.327 e. The zero-order valence-electron chi connectivity index (χ0n) is 14.1. The van der Waals surface area contributed by atoms with Gasteiger partial charge in [-0.2, -0.15) is 0 Å². The van der Waals surface area contributed by atoms with Crippen LogP contribution in [0.2, 0.25) is 0 Å². The second kappa shape index (κ2) is 7.82. The van der Waals surface area contributed by atoms with Crippen LogP contribution < -0.4 is 10.6 Å². The van der Waals surface area contributed by atoms with Crippen LogP contribution in [0.4, 0.5) is 0 Å². The zero-order valence-corrected chi connectivity index (χ0v) is 14.1. The van der Waals surface area contributed by atoms with Gasteiger partial charge in [-0.3, -0.25) is 9.59 Å². The zero-order chi connectivity index (χ0) is 18.5. The van der Waals surface area contributed by atoms with Crippen molar-refractivity contribution < 1.29 is 19.5 Å². The molecule has 1 aliphatic rings. The van der Waals surface area contributed by atoms with Crippen LogP contribution in [0, 0.1) is 0 Å². The summed E-state index contributed by atoms with van der Waals surface area (Å²) in [7, 11) is 0. The lowest BCUT2D eigenvalue weighted by molar-refractivity contribution is -0.142. The standard InChI is InChI=1S/C20H20N2O4/c23-16-12-11-15(21-16)19(24)22-18(20(25)26)17(13-7-3-1-4-8-13)14-9-5-2-6-10-14/h1-10,15,17-18H,11-12H2,(H,21,23)(H,22,24)(H,25,26)/t15-,18-/m0/s1. The van der Waals surface area contributed by atoms with Crippen LogP contribution in [0.25, 0.3) is 0 Å². The molecule has 3 rings (SSSR count). The fourth-order valence-corrected chi connectivity index (χ4v) is 3.25. The summed E-state index contributed by atoms with van der Waals surface area (Å²) in [5, 5.41) is 15.0. The van der Waals surface area contributed by atoms with Gasteiger partial charge in [0.15, 0.2) is 0 Å². The van der Waals surface area contributed by atoms with Crippen LogP contribution in [0.5, 0.6) is 0 Å². The minimum absolute atomic E-state index is 0.195. The van der Waals surface area contributed by atoms with Gasteiger partial charge < -0.3 is 15.7 Å². The first-order valence-corrected chi connectivity index (χ1v) is 8.48. The topological polar surface area (TPSA) is 95.5 Å². The van der Waals surface area contributed by atoms with Crippen molar-refractivity contribution in [1.29, 1.82) is 0 Å². The van der Waals surface area contributed by atoms with Gasteiger partial charge in [-0.25, -0.2) is 4.79 Å². The van der Waals surface area contributed by atoms with Gasteiger partial charge in [-0.05, 0) is 17.5 Å². The SMILES string of the molecule is O=C1CC[C@@H](C(=O)N[C@H](C(=O)O)C(c2ccccc2)c2ccccc2)N1. The van der Waals surface area contributed by atoms with Gasteiger partial charge >= 0.3 is 5.97 Å². The van der Waals surface area contributed by atoms with Crippen molar-refractivity contribution >= 4 is 17.8 Å². The fourth-order valence-electron chi connectivity index (χ4n) is 3.25. The Balaban J connectivity index is 1.92. The number of hydrogen-bond acceptors (Lipinski definition) is 3. The molecule has 0 saturated carbocycles. The molecule has 0 radical (unpaired) electrons. The van der Waals surface area contributed by atoms with Crippen LogP contribution >= 0.6 is 0 Å². The normalized spacial score (nSPS) is 17.6. The number of carbonyl (C=O) groups excluding carboxylic acids is 2. The maximum atomic E-state index is 12.5. The molecule has 1 heterocycles. The van der Waals surface area contributed by atoms with E-state index in [0.29, 0.717) is 6.42 Å². The molecule has 3 N–H and O–H groups in total. The molecule has 0 spiro atoms. The Morgan fingerprint density at radius 2 is 1.54 bits per heavy atom. The Morgan fingerprint density at radius 1 is 1.00 bits per heavy atom.